The molecule has 1 aliphatic carbocycles. The van der Waals surface area contributed by atoms with Gasteiger partial charge in [-0.25, -0.2) is 14.4 Å². The predicted molar refractivity (Wildman–Crippen MR) is 159 cm³/mol. The average molecular weight is 608 g/mol. The zero-order chi connectivity index (χ0) is 32.3. The van der Waals surface area contributed by atoms with Gasteiger partial charge in [0.25, 0.3) is 5.72 Å². The average Bonchev–Trinajstić information content (AvgIpc) is 2.94. The second kappa shape index (κ2) is 16.5. The molecule has 0 spiro atoms. The smallest absolute Gasteiger partial charge is 0.477 e. The maximum Gasteiger partial charge on any atom is 0.514 e. The van der Waals surface area contributed by atoms with Gasteiger partial charge in [-0.05, 0) is 69.6 Å². The van der Waals surface area contributed by atoms with Gasteiger partial charge in [0.15, 0.2) is 11.5 Å². The molecule has 1 aromatic rings. The highest BCUT2D eigenvalue weighted by atomic mass is 16.8. The molecule has 1 aromatic carbocycles. The summed E-state index contributed by atoms with van der Waals surface area (Å²) in [4.78, 5) is 51.1. The van der Waals surface area contributed by atoms with Gasteiger partial charge < -0.3 is 28.8 Å². The van der Waals surface area contributed by atoms with Gasteiger partial charge in [0.05, 0.1) is 5.92 Å². The van der Waals surface area contributed by atoms with Crippen molar-refractivity contribution in [1.82, 2.24) is 5.32 Å². The van der Waals surface area contributed by atoms with Crippen LogP contribution in [-0.4, -0.2) is 53.3 Å². The maximum atomic E-state index is 13.2. The highest BCUT2D eigenvalue weighted by molar-refractivity contribution is 5.83. The van der Waals surface area contributed by atoms with Gasteiger partial charge in [-0.15, -0.1) is 0 Å². The van der Waals surface area contributed by atoms with E-state index in [2.05, 4.69) is 5.32 Å². The van der Waals surface area contributed by atoms with Crippen molar-refractivity contribution >= 4 is 24.2 Å². The van der Waals surface area contributed by atoms with E-state index in [0.717, 1.165) is 19.3 Å². The van der Waals surface area contributed by atoms with Crippen molar-refractivity contribution in [2.75, 3.05) is 0 Å². The number of nitrogens with one attached hydrogen (secondary N) is 1. The number of carbonyl (C=O) groups is 4. The molecule has 242 valence electrons. The van der Waals surface area contributed by atoms with Gasteiger partial charge in [0.2, 0.25) is 0 Å². The predicted octanol–water partition coefficient (Wildman–Crippen LogP) is 6.64. The lowest BCUT2D eigenvalue weighted by molar-refractivity contribution is -0.188. The van der Waals surface area contributed by atoms with Gasteiger partial charge in [0.1, 0.15) is 12.2 Å². The normalized spacial score (nSPS) is 17.3. The largest absolute Gasteiger partial charge is 0.514 e. The molecular weight excluding hydrogens is 558 g/mol. The van der Waals surface area contributed by atoms with Crippen LogP contribution in [0.2, 0.25) is 0 Å². The Morgan fingerprint density at radius 3 is 1.88 bits per heavy atom. The first kappa shape index (κ1) is 35.9. The third kappa shape index (κ3) is 11.0. The van der Waals surface area contributed by atoms with Crippen molar-refractivity contribution in [3.63, 3.8) is 0 Å². The van der Waals surface area contributed by atoms with E-state index in [0.29, 0.717) is 24.8 Å². The number of carbonyl (C=O) groups excluding carboxylic acids is 3. The molecule has 2 N–H and O–H groups in total. The number of hydrogen-bond acceptors (Lipinski definition) is 10. The lowest BCUT2D eigenvalue weighted by Crippen LogP contribution is -2.60. The Bertz CT molecular complexity index is 1100. The second-order valence-electron chi connectivity index (χ2n) is 12.1. The molecule has 3 unspecified atom stereocenters. The highest BCUT2D eigenvalue weighted by Crippen LogP contribution is 2.33. The summed E-state index contributed by atoms with van der Waals surface area (Å²) in [5.41, 5.74) is -1.76. The molecule has 0 aromatic heterocycles. The number of carboxylic acid groups (broad SMARTS) is 1. The Morgan fingerprint density at radius 1 is 0.860 bits per heavy atom. The van der Waals surface area contributed by atoms with E-state index in [1.54, 1.807) is 20.8 Å². The highest BCUT2D eigenvalue weighted by Gasteiger charge is 2.45. The van der Waals surface area contributed by atoms with Gasteiger partial charge in [0, 0.05) is 12.5 Å². The van der Waals surface area contributed by atoms with Crippen LogP contribution in [0.3, 0.4) is 0 Å². The standard InChI is InChI=1S/C32H49NO10/c1-9-21(6)33-32(29(35)36,43-28(34)25-13-11-10-12-14-25)18-24-15-16-26(41-30(37)39-22(7)19(2)3)27(17-24)42-31(38)40-23(8)20(4)5/h15-17,19-23,25,33H,9-14,18H2,1-8H3,(H,35,36)/t21?,22?,23?,32-/m0/s1. The number of aliphatic carboxylic acids is 1. The summed E-state index contributed by atoms with van der Waals surface area (Å²) in [6.45, 7) is 14.6. The van der Waals surface area contributed by atoms with Crippen molar-refractivity contribution in [2.45, 2.75) is 124 Å². The molecule has 0 saturated heterocycles. The van der Waals surface area contributed by atoms with Crippen LogP contribution in [0, 0.1) is 17.8 Å². The molecule has 2 rings (SSSR count). The minimum Gasteiger partial charge on any atom is -0.477 e. The Labute approximate surface area is 254 Å². The Kier molecular flexibility index (Phi) is 13.8. The fraction of sp³-hybridized carbons (Fsp3) is 0.688. The van der Waals surface area contributed by atoms with Gasteiger partial charge in [-0.2, -0.15) is 0 Å². The molecule has 43 heavy (non-hydrogen) atoms. The van der Waals surface area contributed by atoms with Crippen LogP contribution < -0.4 is 14.8 Å². The van der Waals surface area contributed by atoms with E-state index in [1.165, 1.54) is 18.2 Å². The van der Waals surface area contributed by atoms with Crippen LogP contribution in [0.1, 0.15) is 99.5 Å². The monoisotopic (exact) mass is 607 g/mol. The maximum absolute atomic E-state index is 13.2. The fourth-order valence-corrected chi connectivity index (χ4v) is 4.31. The lowest BCUT2D eigenvalue weighted by Gasteiger charge is -2.35. The molecule has 11 heteroatoms. The summed E-state index contributed by atoms with van der Waals surface area (Å²) in [5, 5.41) is 13.4. The number of hydrogen-bond donors (Lipinski definition) is 2. The molecule has 0 bridgehead atoms. The summed E-state index contributed by atoms with van der Waals surface area (Å²) in [5.74, 6) is -2.57. The van der Waals surface area contributed by atoms with Gasteiger partial charge in [-0.1, -0.05) is 59.9 Å². The van der Waals surface area contributed by atoms with Gasteiger partial charge >= 0.3 is 24.2 Å². The molecule has 1 fully saturated rings. The van der Waals surface area contributed by atoms with Crippen LogP contribution in [-0.2, 0) is 30.2 Å². The zero-order valence-corrected chi connectivity index (χ0v) is 26.8. The minimum absolute atomic E-state index is 0.0174. The van der Waals surface area contributed by atoms with E-state index in [9.17, 15) is 24.3 Å². The topological polar surface area (TPSA) is 147 Å². The van der Waals surface area contributed by atoms with Crippen molar-refractivity contribution in [3.05, 3.63) is 23.8 Å². The molecule has 0 radical (unpaired) electrons. The summed E-state index contributed by atoms with van der Waals surface area (Å²) >= 11 is 0. The molecule has 1 saturated carbocycles. The third-order valence-corrected chi connectivity index (χ3v) is 7.94. The summed E-state index contributed by atoms with van der Waals surface area (Å²) in [6.07, 6.45) is 1.43. The van der Waals surface area contributed by atoms with E-state index in [-0.39, 0.29) is 41.7 Å². The van der Waals surface area contributed by atoms with Crippen molar-refractivity contribution in [1.29, 1.82) is 0 Å². The minimum atomic E-state index is -2.10. The number of rotatable bonds is 14. The van der Waals surface area contributed by atoms with E-state index in [1.807, 2.05) is 34.6 Å². The molecule has 4 atom stereocenters. The summed E-state index contributed by atoms with van der Waals surface area (Å²) in [6, 6.07) is 3.93. The molecule has 0 amide bonds. The van der Waals surface area contributed by atoms with E-state index in [4.69, 9.17) is 23.7 Å². The van der Waals surface area contributed by atoms with Crippen LogP contribution in [0.15, 0.2) is 18.2 Å². The zero-order valence-electron chi connectivity index (χ0n) is 26.8. The van der Waals surface area contributed by atoms with Gasteiger partial charge in [-0.3, -0.25) is 10.1 Å². The Hall–Kier alpha value is -3.34. The number of esters is 1. The van der Waals surface area contributed by atoms with Crippen LogP contribution in [0.4, 0.5) is 9.59 Å². The Balaban J connectivity index is 2.45. The van der Waals surface area contributed by atoms with Crippen molar-refractivity contribution in [2.24, 2.45) is 17.8 Å². The molecule has 0 heterocycles. The van der Waals surface area contributed by atoms with Crippen molar-refractivity contribution in [3.8, 4) is 11.5 Å². The quantitative estimate of drug-likeness (QED) is 0.101. The van der Waals surface area contributed by atoms with E-state index >= 15 is 0 Å². The summed E-state index contributed by atoms with van der Waals surface area (Å²) in [7, 11) is 0. The molecule has 1 aliphatic rings. The second-order valence-corrected chi connectivity index (χ2v) is 12.1. The van der Waals surface area contributed by atoms with Crippen LogP contribution in [0.25, 0.3) is 0 Å². The number of ether oxygens (including phenoxy) is 5. The first-order valence-corrected chi connectivity index (χ1v) is 15.3. The fourth-order valence-electron chi connectivity index (χ4n) is 4.31. The van der Waals surface area contributed by atoms with Crippen LogP contribution in [0.5, 0.6) is 11.5 Å². The van der Waals surface area contributed by atoms with E-state index < -0.39 is 42.2 Å². The SMILES string of the molecule is CCC(C)N[C@@](Cc1ccc(OC(=O)OC(C)C(C)C)c(OC(=O)OC(C)C(C)C)c1)(OC(=O)C1CCCCC1)C(=O)O. The van der Waals surface area contributed by atoms with Crippen molar-refractivity contribution < 1.29 is 48.0 Å². The molecular formula is C32H49NO10. The molecule has 11 nitrogen and oxygen atoms in total. The first-order chi connectivity index (χ1) is 20.2. The first-order valence-electron chi connectivity index (χ1n) is 15.3. The summed E-state index contributed by atoms with van der Waals surface area (Å²) < 4.78 is 27.2. The third-order valence-electron chi connectivity index (χ3n) is 7.94. The van der Waals surface area contributed by atoms with Crippen LogP contribution >= 0.6 is 0 Å². The molecule has 0 aliphatic heterocycles. The lowest BCUT2D eigenvalue weighted by atomic mass is 9.89. The Morgan fingerprint density at radius 2 is 1.40 bits per heavy atom. The number of benzene rings is 1. The number of carboxylic acids is 1.